The average molecular weight is 504 g/mol. The highest BCUT2D eigenvalue weighted by atomic mass is 32.2. The number of hydrogen-bond donors (Lipinski definition) is 2. The van der Waals surface area contributed by atoms with E-state index in [1.807, 2.05) is 38.1 Å². The van der Waals surface area contributed by atoms with E-state index in [9.17, 15) is 18.0 Å². The van der Waals surface area contributed by atoms with Crippen molar-refractivity contribution in [2.75, 3.05) is 12.8 Å². The Morgan fingerprint density at radius 2 is 1.77 bits per heavy atom. The fourth-order valence-electron chi connectivity index (χ4n) is 4.21. The molecule has 3 amide bonds. The molecule has 0 aliphatic rings. The highest BCUT2D eigenvalue weighted by molar-refractivity contribution is 7.88. The van der Waals surface area contributed by atoms with Gasteiger partial charge < -0.3 is 0 Å². The maximum Gasteiger partial charge on any atom is 0.363 e. The van der Waals surface area contributed by atoms with Gasteiger partial charge in [0.25, 0.3) is 0 Å². The molecule has 2 aromatic carbocycles. The number of hydroxylamine groups is 1. The molecule has 0 heterocycles. The topological polar surface area (TPSA) is 107 Å². The van der Waals surface area contributed by atoms with Gasteiger partial charge in [-0.25, -0.2) is 18.7 Å². The molecule has 0 radical (unpaired) electrons. The number of rotatable bonds is 11. The molecule has 0 aromatic heterocycles. The summed E-state index contributed by atoms with van der Waals surface area (Å²) in [4.78, 5) is 25.4. The summed E-state index contributed by atoms with van der Waals surface area (Å²) in [6, 6.07) is 13.1. The number of benzene rings is 2. The summed E-state index contributed by atoms with van der Waals surface area (Å²) in [6.07, 6.45) is 3.85. The molecule has 0 fully saturated rings. The quantitative estimate of drug-likeness (QED) is 0.253. The molecule has 0 spiro atoms. The zero-order valence-corrected chi connectivity index (χ0v) is 22.0. The van der Waals surface area contributed by atoms with Gasteiger partial charge in [0.2, 0.25) is 15.9 Å². The minimum atomic E-state index is -3.94. The van der Waals surface area contributed by atoms with Crippen LogP contribution >= 0.6 is 0 Å². The lowest BCUT2D eigenvalue weighted by molar-refractivity contribution is -0.137. The highest BCUT2D eigenvalue weighted by Crippen LogP contribution is 2.38. The van der Waals surface area contributed by atoms with Gasteiger partial charge in [-0.05, 0) is 40.5 Å². The Balaban J connectivity index is 2.23. The van der Waals surface area contributed by atoms with Gasteiger partial charge in [0.15, 0.2) is 0 Å². The van der Waals surface area contributed by atoms with Crippen molar-refractivity contribution in [3.8, 4) is 0 Å². The number of carbonyl (C=O) groups is 2. The van der Waals surface area contributed by atoms with Crippen LogP contribution in [0.15, 0.2) is 55.1 Å². The van der Waals surface area contributed by atoms with Gasteiger partial charge in [-0.1, -0.05) is 76.2 Å². The molecule has 2 rings (SSSR count). The molecule has 0 bridgehead atoms. The summed E-state index contributed by atoms with van der Waals surface area (Å²) >= 11 is 0. The molecule has 8 nitrogen and oxygen atoms in total. The van der Waals surface area contributed by atoms with Gasteiger partial charge in [-0.15, -0.1) is 11.0 Å². The molecule has 35 heavy (non-hydrogen) atoms. The molecule has 0 aliphatic carbocycles. The van der Waals surface area contributed by atoms with E-state index in [1.54, 1.807) is 13.8 Å². The third-order valence-corrected chi connectivity index (χ3v) is 7.02. The van der Waals surface area contributed by atoms with Gasteiger partial charge in [-0.3, -0.25) is 10.0 Å². The van der Waals surface area contributed by atoms with E-state index in [1.165, 1.54) is 5.48 Å². The number of carbonyl (C=O) groups excluding carboxylic acids is 2. The molecule has 192 valence electrons. The number of amides is 3. The van der Waals surface area contributed by atoms with E-state index < -0.39 is 22.0 Å². The Morgan fingerprint density at radius 3 is 2.34 bits per heavy atom. The summed E-state index contributed by atoms with van der Waals surface area (Å²) in [5, 5.41) is 11.9. The summed E-state index contributed by atoms with van der Waals surface area (Å²) in [5.41, 5.74) is 2.21. The summed E-state index contributed by atoms with van der Waals surface area (Å²) in [5.74, 6) is -0.829. The van der Waals surface area contributed by atoms with Crippen LogP contribution in [0.5, 0.6) is 0 Å². The highest BCUT2D eigenvalue weighted by Gasteiger charge is 2.35. The normalized spacial score (nSPS) is 13.1. The fraction of sp³-hybridized carbons (Fsp3) is 0.462. The van der Waals surface area contributed by atoms with Gasteiger partial charge >= 0.3 is 6.03 Å². The second kappa shape index (κ2) is 11.8. The standard InChI is InChI=1S/C26H37N3O5S/c1-7-20(22-14-10-12-21-11-8-9-13-23(21)22)17-26(4,5)16-15-24(30)29(25(31)27-32)28(18-19(2)3)35(6,33)34/h7-14,19-20,32H,1,15-18H2,2-6H3,(H,27,31)/t20-/m0/s1. The van der Waals surface area contributed by atoms with Crippen LogP contribution in [0.4, 0.5) is 4.79 Å². The lowest BCUT2D eigenvalue weighted by Crippen LogP contribution is -2.56. The van der Waals surface area contributed by atoms with Crippen molar-refractivity contribution < 1.29 is 23.2 Å². The Hall–Kier alpha value is -2.75. The lowest BCUT2D eigenvalue weighted by atomic mass is 9.76. The first kappa shape index (κ1) is 28.5. The second-order valence-corrected chi connectivity index (χ2v) is 12.0. The molecular weight excluding hydrogens is 466 g/mol. The van der Waals surface area contributed by atoms with Gasteiger partial charge in [-0.2, -0.15) is 5.01 Å². The third-order valence-electron chi connectivity index (χ3n) is 5.95. The monoisotopic (exact) mass is 503 g/mol. The number of urea groups is 1. The van der Waals surface area contributed by atoms with Crippen molar-refractivity contribution in [2.24, 2.45) is 11.3 Å². The first-order chi connectivity index (χ1) is 16.3. The first-order valence-electron chi connectivity index (χ1n) is 11.7. The van der Waals surface area contributed by atoms with Crippen molar-refractivity contribution in [1.82, 2.24) is 14.9 Å². The molecule has 0 saturated carbocycles. The van der Waals surface area contributed by atoms with Gasteiger partial charge in [0, 0.05) is 18.9 Å². The Kier molecular flexibility index (Phi) is 9.60. The number of fused-ring (bicyclic) bond motifs is 1. The predicted octanol–water partition coefficient (Wildman–Crippen LogP) is 5.07. The van der Waals surface area contributed by atoms with Crippen molar-refractivity contribution in [3.05, 3.63) is 60.7 Å². The lowest BCUT2D eigenvalue weighted by Gasteiger charge is -2.33. The SMILES string of the molecule is C=C[C@@H](CC(C)(C)CCC(=O)N(C(=O)NO)N(CC(C)C)S(C)(=O)=O)c1cccc2ccccc12. The molecular formula is C26H37N3O5S. The largest absolute Gasteiger partial charge is 0.363 e. The van der Waals surface area contributed by atoms with Gasteiger partial charge in [0.1, 0.15) is 0 Å². The number of nitrogens with zero attached hydrogens (tertiary/aromatic N) is 2. The Bertz CT molecular complexity index is 1160. The molecule has 1 atom stereocenters. The van der Waals surface area contributed by atoms with E-state index in [0.717, 1.165) is 22.6 Å². The Morgan fingerprint density at radius 1 is 1.14 bits per heavy atom. The van der Waals surface area contributed by atoms with Crippen molar-refractivity contribution in [1.29, 1.82) is 0 Å². The predicted molar refractivity (Wildman–Crippen MR) is 138 cm³/mol. The van der Waals surface area contributed by atoms with E-state index in [-0.39, 0.29) is 30.2 Å². The smallest absolute Gasteiger partial charge is 0.287 e. The van der Waals surface area contributed by atoms with Crippen molar-refractivity contribution in [3.63, 3.8) is 0 Å². The van der Waals surface area contributed by atoms with Crippen LogP contribution in [-0.4, -0.2) is 47.8 Å². The third kappa shape index (κ3) is 7.62. The van der Waals surface area contributed by atoms with Crippen molar-refractivity contribution >= 4 is 32.7 Å². The molecule has 0 aliphatic heterocycles. The second-order valence-electron chi connectivity index (χ2n) is 10.1. The van der Waals surface area contributed by atoms with E-state index in [4.69, 9.17) is 5.21 Å². The zero-order valence-electron chi connectivity index (χ0n) is 21.2. The van der Waals surface area contributed by atoms with Crippen LogP contribution in [0.25, 0.3) is 10.8 Å². The number of nitrogens with one attached hydrogen (secondary N) is 1. The number of imide groups is 1. The first-order valence-corrected chi connectivity index (χ1v) is 13.5. The van der Waals surface area contributed by atoms with Crippen LogP contribution in [0.1, 0.15) is 58.4 Å². The van der Waals surface area contributed by atoms with E-state index in [0.29, 0.717) is 22.3 Å². The Labute approximate surface area is 208 Å². The number of allylic oxidation sites excluding steroid dienone is 1. The summed E-state index contributed by atoms with van der Waals surface area (Å²) in [6.45, 7) is 11.5. The summed E-state index contributed by atoms with van der Waals surface area (Å²) in [7, 11) is -3.94. The average Bonchev–Trinajstić information content (AvgIpc) is 2.79. The number of hydrogen-bond acceptors (Lipinski definition) is 5. The fourth-order valence-corrected chi connectivity index (χ4v) is 5.24. The van der Waals surface area contributed by atoms with Crippen LogP contribution in [-0.2, 0) is 14.8 Å². The molecule has 0 unspecified atom stereocenters. The van der Waals surface area contributed by atoms with Crippen LogP contribution < -0.4 is 5.48 Å². The van der Waals surface area contributed by atoms with Crippen molar-refractivity contribution in [2.45, 2.75) is 52.9 Å². The minimum Gasteiger partial charge on any atom is -0.287 e. The minimum absolute atomic E-state index is 0.0384. The van der Waals surface area contributed by atoms with Crippen LogP contribution in [0, 0.1) is 11.3 Å². The maximum absolute atomic E-state index is 13.1. The number of sulfonamides is 1. The van der Waals surface area contributed by atoms with E-state index >= 15 is 0 Å². The molecule has 2 aromatic rings. The van der Waals surface area contributed by atoms with E-state index in [2.05, 4.69) is 30.8 Å². The number of hydrazine groups is 1. The van der Waals surface area contributed by atoms with Gasteiger partial charge in [0.05, 0.1) is 6.26 Å². The molecule has 2 N–H and O–H groups in total. The van der Waals surface area contributed by atoms with Crippen LogP contribution in [0.3, 0.4) is 0 Å². The molecule has 9 heteroatoms. The van der Waals surface area contributed by atoms with Crippen LogP contribution in [0.2, 0.25) is 0 Å². The molecule has 0 saturated heterocycles. The zero-order chi connectivity index (χ0) is 26.4. The maximum atomic E-state index is 13.1. The summed E-state index contributed by atoms with van der Waals surface area (Å²) < 4.78 is 25.4.